The summed E-state index contributed by atoms with van der Waals surface area (Å²) in [6, 6.07) is 7.33. The van der Waals surface area contributed by atoms with Gasteiger partial charge < -0.3 is 15.2 Å². The van der Waals surface area contributed by atoms with Crippen molar-refractivity contribution in [1.29, 1.82) is 0 Å². The molecule has 0 aliphatic carbocycles. The molecular weight excluding hydrogens is 230 g/mol. The number of rotatable bonds is 4. The van der Waals surface area contributed by atoms with E-state index in [2.05, 4.69) is 0 Å². The summed E-state index contributed by atoms with van der Waals surface area (Å²) in [5.74, 6) is 0.887. The molecular formula is C14H19NO3. The summed E-state index contributed by atoms with van der Waals surface area (Å²) in [7, 11) is 1.61. The molecule has 1 heterocycles. The Morgan fingerprint density at radius 3 is 3.00 bits per heavy atom. The average molecular weight is 249 g/mol. The summed E-state index contributed by atoms with van der Waals surface area (Å²) < 4.78 is 10.5. The topological polar surface area (TPSA) is 61.5 Å². The van der Waals surface area contributed by atoms with E-state index in [9.17, 15) is 4.79 Å². The smallest absolute Gasteiger partial charge is 0.147 e. The number of ketones is 1. The molecule has 1 fully saturated rings. The number of nitrogens with two attached hydrogens (primary N) is 1. The maximum Gasteiger partial charge on any atom is 0.147 e. The van der Waals surface area contributed by atoms with Crippen LogP contribution in [0.1, 0.15) is 12.5 Å². The minimum absolute atomic E-state index is 0.126. The fourth-order valence-corrected chi connectivity index (χ4v) is 2.15. The predicted octanol–water partition coefficient (Wildman–Crippen LogP) is 1.17. The van der Waals surface area contributed by atoms with Crippen molar-refractivity contribution in [3.05, 3.63) is 29.8 Å². The summed E-state index contributed by atoms with van der Waals surface area (Å²) in [5, 5.41) is 0. The molecule has 1 aromatic rings. The summed E-state index contributed by atoms with van der Waals surface area (Å²) in [5.41, 5.74) is 6.33. The van der Waals surface area contributed by atoms with Crippen LogP contribution in [-0.4, -0.2) is 32.1 Å². The van der Waals surface area contributed by atoms with Gasteiger partial charge >= 0.3 is 0 Å². The zero-order valence-corrected chi connectivity index (χ0v) is 10.8. The maximum atomic E-state index is 12.3. The van der Waals surface area contributed by atoms with Gasteiger partial charge in [-0.3, -0.25) is 4.79 Å². The molecule has 0 aromatic heterocycles. The van der Waals surface area contributed by atoms with Crippen LogP contribution in [0.5, 0.6) is 5.75 Å². The molecule has 1 saturated heterocycles. The van der Waals surface area contributed by atoms with Gasteiger partial charge in [0.1, 0.15) is 11.5 Å². The Balaban J connectivity index is 2.11. The number of benzene rings is 1. The quantitative estimate of drug-likeness (QED) is 0.870. The van der Waals surface area contributed by atoms with Crippen LogP contribution >= 0.6 is 0 Å². The highest BCUT2D eigenvalue weighted by atomic mass is 16.5. The molecule has 2 N–H and O–H groups in total. The zero-order chi connectivity index (χ0) is 13.2. The lowest BCUT2D eigenvalue weighted by atomic mass is 9.79. The van der Waals surface area contributed by atoms with E-state index in [1.807, 2.05) is 31.2 Å². The third-order valence-corrected chi connectivity index (χ3v) is 3.65. The van der Waals surface area contributed by atoms with Crippen LogP contribution in [-0.2, 0) is 16.0 Å². The maximum absolute atomic E-state index is 12.3. The van der Waals surface area contributed by atoms with E-state index < -0.39 is 5.41 Å². The molecule has 0 saturated carbocycles. The van der Waals surface area contributed by atoms with E-state index in [0.29, 0.717) is 19.6 Å². The minimum Gasteiger partial charge on any atom is -0.497 e. The molecule has 0 radical (unpaired) electrons. The van der Waals surface area contributed by atoms with Crippen LogP contribution in [0.15, 0.2) is 24.3 Å². The normalized spacial score (nSPS) is 27.2. The second-order valence-electron chi connectivity index (χ2n) is 4.99. The monoisotopic (exact) mass is 249 g/mol. The first-order valence-electron chi connectivity index (χ1n) is 6.06. The van der Waals surface area contributed by atoms with Crippen LogP contribution in [0.2, 0.25) is 0 Å². The number of methoxy groups -OCH3 is 1. The van der Waals surface area contributed by atoms with E-state index >= 15 is 0 Å². The highest BCUT2D eigenvalue weighted by Gasteiger charge is 2.43. The first kappa shape index (κ1) is 13.1. The Hall–Kier alpha value is -1.39. The van der Waals surface area contributed by atoms with E-state index in [-0.39, 0.29) is 11.8 Å². The Labute approximate surface area is 107 Å². The molecule has 0 amide bonds. The molecule has 1 aromatic carbocycles. The molecule has 1 aliphatic heterocycles. The van der Waals surface area contributed by atoms with Crippen LogP contribution in [0, 0.1) is 5.41 Å². The molecule has 2 rings (SSSR count). The molecule has 4 heteroatoms. The SMILES string of the molecule is COc1cccc(CC(=O)C2(C)COCC2N)c1. The van der Waals surface area contributed by atoms with Crippen LogP contribution in [0.25, 0.3) is 0 Å². The third kappa shape index (κ3) is 2.40. The average Bonchev–Trinajstić information content (AvgIpc) is 2.71. The van der Waals surface area contributed by atoms with E-state index in [0.717, 1.165) is 11.3 Å². The molecule has 1 aliphatic rings. The van der Waals surface area contributed by atoms with Crippen molar-refractivity contribution in [2.75, 3.05) is 20.3 Å². The zero-order valence-electron chi connectivity index (χ0n) is 10.8. The van der Waals surface area contributed by atoms with Crippen molar-refractivity contribution in [2.24, 2.45) is 11.1 Å². The first-order chi connectivity index (χ1) is 8.56. The van der Waals surface area contributed by atoms with Gasteiger partial charge in [-0.25, -0.2) is 0 Å². The molecule has 2 atom stereocenters. The highest BCUT2D eigenvalue weighted by molar-refractivity contribution is 5.87. The van der Waals surface area contributed by atoms with E-state index in [1.54, 1.807) is 7.11 Å². The lowest BCUT2D eigenvalue weighted by Gasteiger charge is -2.25. The van der Waals surface area contributed by atoms with E-state index in [1.165, 1.54) is 0 Å². The van der Waals surface area contributed by atoms with Crippen LogP contribution in [0.4, 0.5) is 0 Å². The summed E-state index contributed by atoms with van der Waals surface area (Å²) in [4.78, 5) is 12.3. The van der Waals surface area contributed by atoms with Crippen molar-refractivity contribution in [2.45, 2.75) is 19.4 Å². The Bertz CT molecular complexity index is 446. The highest BCUT2D eigenvalue weighted by Crippen LogP contribution is 2.29. The number of hydrogen-bond donors (Lipinski definition) is 1. The molecule has 18 heavy (non-hydrogen) atoms. The summed E-state index contributed by atoms with van der Waals surface area (Å²) >= 11 is 0. The molecule has 98 valence electrons. The second kappa shape index (κ2) is 5.08. The summed E-state index contributed by atoms with van der Waals surface area (Å²) in [6.07, 6.45) is 0.366. The van der Waals surface area contributed by atoms with Gasteiger partial charge in [-0.05, 0) is 24.6 Å². The van der Waals surface area contributed by atoms with Crippen molar-refractivity contribution in [3.8, 4) is 5.75 Å². The fraction of sp³-hybridized carbons (Fsp3) is 0.500. The fourth-order valence-electron chi connectivity index (χ4n) is 2.15. The van der Waals surface area contributed by atoms with Crippen LogP contribution < -0.4 is 10.5 Å². The van der Waals surface area contributed by atoms with Crippen LogP contribution in [0.3, 0.4) is 0 Å². The molecule has 0 bridgehead atoms. The van der Waals surface area contributed by atoms with Crippen molar-refractivity contribution in [3.63, 3.8) is 0 Å². The Morgan fingerprint density at radius 2 is 2.39 bits per heavy atom. The van der Waals surface area contributed by atoms with Crippen molar-refractivity contribution >= 4 is 5.78 Å². The largest absolute Gasteiger partial charge is 0.497 e. The molecule has 4 nitrogen and oxygen atoms in total. The van der Waals surface area contributed by atoms with Gasteiger partial charge in [0.2, 0.25) is 0 Å². The third-order valence-electron chi connectivity index (χ3n) is 3.65. The Kier molecular flexibility index (Phi) is 3.68. The number of Topliss-reactive ketones (excluding diaryl/α,β-unsaturated/α-hetero) is 1. The van der Waals surface area contributed by atoms with Gasteiger partial charge in [0.05, 0.1) is 25.7 Å². The lowest BCUT2D eigenvalue weighted by molar-refractivity contribution is -0.127. The molecule has 0 spiro atoms. The van der Waals surface area contributed by atoms with Crippen molar-refractivity contribution < 1.29 is 14.3 Å². The van der Waals surface area contributed by atoms with E-state index in [4.69, 9.17) is 15.2 Å². The van der Waals surface area contributed by atoms with Gasteiger partial charge in [0.15, 0.2) is 0 Å². The second-order valence-corrected chi connectivity index (χ2v) is 4.99. The lowest BCUT2D eigenvalue weighted by Crippen LogP contribution is -2.45. The van der Waals surface area contributed by atoms with Gasteiger partial charge in [-0.1, -0.05) is 12.1 Å². The summed E-state index contributed by atoms with van der Waals surface area (Å²) in [6.45, 7) is 2.75. The Morgan fingerprint density at radius 1 is 1.61 bits per heavy atom. The standard InChI is InChI=1S/C14H19NO3/c1-14(9-18-8-12(14)15)13(16)7-10-4-3-5-11(6-10)17-2/h3-6,12H,7-9,15H2,1-2H3. The van der Waals surface area contributed by atoms with Crippen molar-refractivity contribution in [1.82, 2.24) is 0 Å². The minimum atomic E-state index is -0.566. The first-order valence-corrected chi connectivity index (χ1v) is 6.06. The number of carbonyl (C=O) groups excluding carboxylic acids is 1. The number of ether oxygens (including phenoxy) is 2. The van der Waals surface area contributed by atoms with Gasteiger partial charge in [-0.15, -0.1) is 0 Å². The van der Waals surface area contributed by atoms with Gasteiger partial charge in [0.25, 0.3) is 0 Å². The number of hydrogen-bond acceptors (Lipinski definition) is 4. The van der Waals surface area contributed by atoms with Gasteiger partial charge in [-0.2, -0.15) is 0 Å². The van der Waals surface area contributed by atoms with Gasteiger partial charge in [0, 0.05) is 12.5 Å². The predicted molar refractivity (Wildman–Crippen MR) is 68.6 cm³/mol. The molecule has 2 unspecified atom stereocenters. The number of carbonyl (C=O) groups is 1.